The lowest BCUT2D eigenvalue weighted by molar-refractivity contribution is -0.139. The van der Waals surface area contributed by atoms with E-state index in [1.54, 1.807) is 0 Å². The van der Waals surface area contributed by atoms with Crippen molar-refractivity contribution in [1.82, 2.24) is 15.5 Å². The number of amides is 2. The van der Waals surface area contributed by atoms with Crippen molar-refractivity contribution in [3.63, 3.8) is 0 Å². The number of carboxylic acid groups (broad SMARTS) is 1. The Balaban J connectivity index is 2.33. The van der Waals surface area contributed by atoms with Crippen LogP contribution in [-0.2, 0) is 4.79 Å². The Hall–Kier alpha value is -1.30. The first-order valence-electron chi connectivity index (χ1n) is 6.87. The number of hydrogen-bond acceptors (Lipinski definition) is 3. The molecule has 1 saturated heterocycles. The van der Waals surface area contributed by atoms with Crippen LogP contribution >= 0.6 is 0 Å². The molecular weight excluding hydrogens is 246 g/mol. The van der Waals surface area contributed by atoms with Gasteiger partial charge in [0.25, 0.3) is 0 Å². The molecule has 1 aliphatic heterocycles. The molecule has 0 spiro atoms. The molecule has 0 bridgehead atoms. The van der Waals surface area contributed by atoms with E-state index in [1.807, 2.05) is 20.9 Å². The fraction of sp³-hybridized carbons (Fsp3) is 0.846. The molecule has 0 aromatic carbocycles. The van der Waals surface area contributed by atoms with Crippen molar-refractivity contribution >= 4 is 12.0 Å². The normalized spacial score (nSPS) is 21.4. The van der Waals surface area contributed by atoms with Gasteiger partial charge in [0.05, 0.1) is 0 Å². The summed E-state index contributed by atoms with van der Waals surface area (Å²) in [6, 6.07) is -0.853. The molecule has 2 unspecified atom stereocenters. The molecule has 2 atom stereocenters. The first-order chi connectivity index (χ1) is 8.90. The lowest BCUT2D eigenvalue weighted by atomic mass is 10.0. The van der Waals surface area contributed by atoms with E-state index in [4.69, 9.17) is 5.11 Å². The third-order valence-electron chi connectivity index (χ3n) is 3.48. The number of hydrogen-bond donors (Lipinski definition) is 3. The number of urea groups is 1. The Morgan fingerprint density at radius 2 is 2.11 bits per heavy atom. The van der Waals surface area contributed by atoms with Gasteiger partial charge in [0.15, 0.2) is 0 Å². The van der Waals surface area contributed by atoms with E-state index in [9.17, 15) is 9.59 Å². The Morgan fingerprint density at radius 1 is 1.42 bits per heavy atom. The van der Waals surface area contributed by atoms with Gasteiger partial charge in [-0.3, -0.25) is 0 Å². The lowest BCUT2D eigenvalue weighted by Crippen LogP contribution is -2.49. The number of nitrogens with one attached hydrogen (secondary N) is 2. The molecule has 0 aromatic heterocycles. The zero-order valence-corrected chi connectivity index (χ0v) is 12.0. The van der Waals surface area contributed by atoms with Crippen molar-refractivity contribution in [1.29, 1.82) is 0 Å². The van der Waals surface area contributed by atoms with Gasteiger partial charge >= 0.3 is 12.0 Å². The van der Waals surface area contributed by atoms with Crippen LogP contribution in [0.1, 0.15) is 33.1 Å². The summed E-state index contributed by atoms with van der Waals surface area (Å²) in [6.45, 7) is 5.49. The van der Waals surface area contributed by atoms with Crippen molar-refractivity contribution in [3.05, 3.63) is 0 Å². The van der Waals surface area contributed by atoms with Gasteiger partial charge in [0.2, 0.25) is 0 Å². The van der Waals surface area contributed by atoms with Gasteiger partial charge in [-0.2, -0.15) is 0 Å². The second-order valence-electron chi connectivity index (χ2n) is 5.65. The van der Waals surface area contributed by atoms with Crippen molar-refractivity contribution in [2.75, 3.05) is 20.1 Å². The molecular formula is C13H25N3O3. The van der Waals surface area contributed by atoms with Crippen LogP contribution in [-0.4, -0.2) is 54.2 Å². The van der Waals surface area contributed by atoms with Crippen molar-refractivity contribution < 1.29 is 14.7 Å². The number of carboxylic acids is 1. The quantitative estimate of drug-likeness (QED) is 0.670. The molecule has 1 heterocycles. The number of likely N-dealkylation sites (N-methyl/N-ethyl adjacent to an activating group) is 1. The first-order valence-corrected chi connectivity index (χ1v) is 6.87. The molecule has 0 saturated carbocycles. The van der Waals surface area contributed by atoms with Crippen molar-refractivity contribution in [2.24, 2.45) is 5.92 Å². The SMILES string of the molecule is CC(C)CC(NC(=O)NCC1CCCN1C)C(=O)O. The topological polar surface area (TPSA) is 81.7 Å². The molecule has 0 radical (unpaired) electrons. The van der Waals surface area contributed by atoms with Gasteiger partial charge in [-0.25, -0.2) is 9.59 Å². The van der Waals surface area contributed by atoms with Crippen LogP contribution in [0.3, 0.4) is 0 Å². The number of nitrogens with zero attached hydrogens (tertiary/aromatic N) is 1. The molecule has 1 fully saturated rings. The third-order valence-corrected chi connectivity index (χ3v) is 3.48. The minimum Gasteiger partial charge on any atom is -0.480 e. The van der Waals surface area contributed by atoms with Crippen LogP contribution in [0.2, 0.25) is 0 Å². The van der Waals surface area contributed by atoms with Crippen molar-refractivity contribution in [2.45, 2.75) is 45.2 Å². The van der Waals surface area contributed by atoms with Gasteiger partial charge in [-0.1, -0.05) is 13.8 Å². The molecule has 3 N–H and O–H groups in total. The smallest absolute Gasteiger partial charge is 0.326 e. The average molecular weight is 271 g/mol. The largest absolute Gasteiger partial charge is 0.480 e. The van der Waals surface area contributed by atoms with E-state index in [1.165, 1.54) is 0 Å². The Labute approximate surface area is 114 Å². The van der Waals surface area contributed by atoms with E-state index in [2.05, 4.69) is 15.5 Å². The molecule has 110 valence electrons. The standard InChI is InChI=1S/C13H25N3O3/c1-9(2)7-11(12(17)18)15-13(19)14-8-10-5-4-6-16(10)3/h9-11H,4-8H2,1-3H3,(H,17,18)(H2,14,15,19). The predicted molar refractivity (Wildman–Crippen MR) is 73.1 cm³/mol. The summed E-state index contributed by atoms with van der Waals surface area (Å²) in [4.78, 5) is 24.9. The number of likely N-dealkylation sites (tertiary alicyclic amines) is 1. The van der Waals surface area contributed by atoms with E-state index in [-0.39, 0.29) is 5.92 Å². The van der Waals surface area contributed by atoms with Crippen LogP contribution in [0.5, 0.6) is 0 Å². The zero-order valence-electron chi connectivity index (χ0n) is 12.0. The number of aliphatic carboxylic acids is 1. The van der Waals surface area contributed by atoms with Gasteiger partial charge in [0.1, 0.15) is 6.04 Å². The highest BCUT2D eigenvalue weighted by atomic mass is 16.4. The fourth-order valence-electron chi connectivity index (χ4n) is 2.35. The maximum Gasteiger partial charge on any atom is 0.326 e. The van der Waals surface area contributed by atoms with E-state index in [0.717, 1.165) is 19.4 Å². The highest BCUT2D eigenvalue weighted by Crippen LogP contribution is 2.13. The monoisotopic (exact) mass is 271 g/mol. The highest BCUT2D eigenvalue weighted by Gasteiger charge is 2.23. The molecule has 6 heteroatoms. The highest BCUT2D eigenvalue weighted by molar-refractivity contribution is 5.82. The molecule has 1 aliphatic rings. The van der Waals surface area contributed by atoms with Crippen LogP contribution in [0, 0.1) is 5.92 Å². The third kappa shape index (κ3) is 5.46. The second kappa shape index (κ2) is 7.33. The minimum absolute atomic E-state index is 0.224. The Bertz CT molecular complexity index is 320. The van der Waals surface area contributed by atoms with Crippen molar-refractivity contribution in [3.8, 4) is 0 Å². The fourth-order valence-corrected chi connectivity index (χ4v) is 2.35. The summed E-state index contributed by atoms with van der Waals surface area (Å²) < 4.78 is 0. The minimum atomic E-state index is -0.984. The van der Waals surface area contributed by atoms with Crippen LogP contribution in [0.25, 0.3) is 0 Å². The number of rotatable bonds is 6. The molecule has 2 amide bonds. The molecule has 6 nitrogen and oxygen atoms in total. The van der Waals surface area contributed by atoms with Gasteiger partial charge < -0.3 is 20.6 Å². The number of carbonyl (C=O) groups is 2. The van der Waals surface area contributed by atoms with Gasteiger partial charge in [-0.15, -0.1) is 0 Å². The van der Waals surface area contributed by atoms with Crippen LogP contribution in [0.4, 0.5) is 4.79 Å². The summed E-state index contributed by atoms with van der Waals surface area (Å²) >= 11 is 0. The summed E-state index contributed by atoms with van der Waals surface area (Å²) in [5.74, 6) is -0.760. The summed E-state index contributed by atoms with van der Waals surface area (Å²) in [5.41, 5.74) is 0. The summed E-state index contributed by atoms with van der Waals surface area (Å²) in [7, 11) is 2.04. The molecule has 1 rings (SSSR count). The Morgan fingerprint density at radius 3 is 2.58 bits per heavy atom. The van der Waals surface area contributed by atoms with Crippen LogP contribution < -0.4 is 10.6 Å². The summed E-state index contributed by atoms with van der Waals surface area (Å²) in [6.07, 6.45) is 2.66. The Kier molecular flexibility index (Phi) is 6.08. The van der Waals surface area contributed by atoms with E-state index in [0.29, 0.717) is 19.0 Å². The maximum atomic E-state index is 11.7. The molecule has 0 aromatic rings. The second-order valence-corrected chi connectivity index (χ2v) is 5.65. The molecule has 19 heavy (non-hydrogen) atoms. The first kappa shape index (κ1) is 15.8. The zero-order chi connectivity index (χ0) is 14.4. The predicted octanol–water partition coefficient (Wildman–Crippen LogP) is 0.879. The maximum absolute atomic E-state index is 11.7. The lowest BCUT2D eigenvalue weighted by Gasteiger charge is -2.21. The van der Waals surface area contributed by atoms with Gasteiger partial charge in [0, 0.05) is 12.6 Å². The van der Waals surface area contributed by atoms with E-state index < -0.39 is 18.0 Å². The van der Waals surface area contributed by atoms with Crippen LogP contribution in [0.15, 0.2) is 0 Å². The summed E-state index contributed by atoms with van der Waals surface area (Å²) in [5, 5.41) is 14.3. The van der Waals surface area contributed by atoms with Gasteiger partial charge in [-0.05, 0) is 38.8 Å². The average Bonchev–Trinajstić information content (AvgIpc) is 2.70. The van der Waals surface area contributed by atoms with E-state index >= 15 is 0 Å². The molecule has 0 aliphatic carbocycles. The number of carbonyl (C=O) groups excluding carboxylic acids is 1.